The van der Waals surface area contributed by atoms with Crippen molar-refractivity contribution in [2.24, 2.45) is 0 Å². The minimum atomic E-state index is -0.166. The van der Waals surface area contributed by atoms with Gasteiger partial charge in [-0.2, -0.15) is 0 Å². The number of nitrogens with zero attached hydrogens (tertiary/aromatic N) is 1. The van der Waals surface area contributed by atoms with Crippen LogP contribution in [0.4, 0.5) is 0 Å². The standard InChI is InChI=1S/C23H39NO2/c1-3-4-5-6-7-8-9-10-11-12-13-14-15-16-17-18-19-24-22(25)20-21(2)23(24)26/h11-12H,2-10,13-20H2,1H3. The van der Waals surface area contributed by atoms with Crippen LogP contribution in [0.25, 0.3) is 0 Å². The monoisotopic (exact) mass is 361 g/mol. The van der Waals surface area contributed by atoms with E-state index in [9.17, 15) is 9.59 Å². The van der Waals surface area contributed by atoms with Gasteiger partial charge in [0.05, 0.1) is 6.42 Å². The number of imide groups is 1. The third-order valence-electron chi connectivity index (χ3n) is 5.11. The van der Waals surface area contributed by atoms with Crippen LogP contribution >= 0.6 is 0 Å². The molecule has 0 saturated carbocycles. The lowest BCUT2D eigenvalue weighted by molar-refractivity contribution is -0.137. The Morgan fingerprint density at radius 1 is 0.808 bits per heavy atom. The second kappa shape index (κ2) is 14.8. The molecule has 0 aromatic rings. The summed E-state index contributed by atoms with van der Waals surface area (Å²) in [5.74, 6) is -0.243. The molecule has 1 saturated heterocycles. The van der Waals surface area contributed by atoms with Crippen LogP contribution in [0.3, 0.4) is 0 Å². The summed E-state index contributed by atoms with van der Waals surface area (Å²) < 4.78 is 0. The van der Waals surface area contributed by atoms with Crippen LogP contribution in [0.1, 0.15) is 103 Å². The predicted molar refractivity (Wildman–Crippen MR) is 110 cm³/mol. The van der Waals surface area contributed by atoms with Gasteiger partial charge < -0.3 is 0 Å². The van der Waals surface area contributed by atoms with Gasteiger partial charge in [-0.1, -0.05) is 83.4 Å². The number of unbranched alkanes of at least 4 members (excludes halogenated alkanes) is 12. The highest BCUT2D eigenvalue weighted by atomic mass is 16.2. The summed E-state index contributed by atoms with van der Waals surface area (Å²) in [6.07, 6.45) is 22.6. The first kappa shape index (κ1) is 22.7. The fourth-order valence-electron chi connectivity index (χ4n) is 3.40. The number of carbonyl (C=O) groups excluding carboxylic acids is 2. The molecule has 0 aromatic heterocycles. The second-order valence-electron chi connectivity index (χ2n) is 7.57. The maximum atomic E-state index is 11.7. The maximum absolute atomic E-state index is 11.7. The summed E-state index contributed by atoms with van der Waals surface area (Å²) in [6, 6.07) is 0. The van der Waals surface area contributed by atoms with Crippen molar-refractivity contribution >= 4 is 11.8 Å². The van der Waals surface area contributed by atoms with Crippen LogP contribution in [-0.2, 0) is 9.59 Å². The molecule has 26 heavy (non-hydrogen) atoms. The van der Waals surface area contributed by atoms with E-state index in [2.05, 4.69) is 25.7 Å². The minimum absolute atomic E-state index is 0.0777. The fourth-order valence-corrected chi connectivity index (χ4v) is 3.40. The zero-order chi connectivity index (χ0) is 19.0. The van der Waals surface area contributed by atoms with E-state index in [1.165, 1.54) is 81.9 Å². The average molecular weight is 362 g/mol. The Kier molecular flexibility index (Phi) is 12.9. The molecule has 0 unspecified atom stereocenters. The molecule has 0 N–H and O–H groups in total. The number of likely N-dealkylation sites (tertiary alicyclic amines) is 1. The number of carbonyl (C=O) groups is 2. The lowest BCUT2D eigenvalue weighted by atomic mass is 10.1. The van der Waals surface area contributed by atoms with Gasteiger partial charge in [0.2, 0.25) is 5.91 Å². The van der Waals surface area contributed by atoms with E-state index < -0.39 is 0 Å². The van der Waals surface area contributed by atoms with E-state index in [-0.39, 0.29) is 18.2 Å². The van der Waals surface area contributed by atoms with Crippen LogP contribution < -0.4 is 0 Å². The largest absolute Gasteiger partial charge is 0.279 e. The first-order valence-corrected chi connectivity index (χ1v) is 10.8. The van der Waals surface area contributed by atoms with E-state index >= 15 is 0 Å². The average Bonchev–Trinajstić information content (AvgIpc) is 2.87. The smallest absolute Gasteiger partial charge is 0.256 e. The molecular formula is C23H39NO2. The fraction of sp³-hybridized carbons (Fsp3) is 0.739. The molecule has 3 heteroatoms. The molecule has 1 aliphatic heterocycles. The summed E-state index contributed by atoms with van der Waals surface area (Å²) >= 11 is 0. The SMILES string of the molecule is C=C1CC(=O)N(CCCCCCCC=CCCCCCCCCC)C1=O. The Hall–Kier alpha value is -1.38. The predicted octanol–water partition coefficient (Wildman–Crippen LogP) is 6.34. The summed E-state index contributed by atoms with van der Waals surface area (Å²) in [5, 5.41) is 0. The van der Waals surface area contributed by atoms with Crippen LogP contribution in [0.5, 0.6) is 0 Å². The maximum Gasteiger partial charge on any atom is 0.256 e. The van der Waals surface area contributed by atoms with Crippen molar-refractivity contribution in [2.75, 3.05) is 6.54 Å². The summed E-state index contributed by atoms with van der Waals surface area (Å²) in [5.41, 5.74) is 0.443. The molecular weight excluding hydrogens is 322 g/mol. The Morgan fingerprint density at radius 2 is 1.31 bits per heavy atom. The minimum Gasteiger partial charge on any atom is -0.279 e. The van der Waals surface area contributed by atoms with Gasteiger partial charge in [0.15, 0.2) is 0 Å². The zero-order valence-corrected chi connectivity index (χ0v) is 16.9. The van der Waals surface area contributed by atoms with Gasteiger partial charge >= 0.3 is 0 Å². The van der Waals surface area contributed by atoms with E-state index in [4.69, 9.17) is 0 Å². The van der Waals surface area contributed by atoms with Gasteiger partial charge in [-0.15, -0.1) is 0 Å². The molecule has 0 atom stereocenters. The Bertz CT molecular complexity index is 453. The lowest BCUT2D eigenvalue weighted by Crippen LogP contribution is -2.30. The van der Waals surface area contributed by atoms with Gasteiger partial charge in [-0.3, -0.25) is 14.5 Å². The zero-order valence-electron chi connectivity index (χ0n) is 16.9. The number of rotatable bonds is 16. The number of amides is 2. The van der Waals surface area contributed by atoms with Crippen molar-refractivity contribution in [3.8, 4) is 0 Å². The number of hydrogen-bond acceptors (Lipinski definition) is 2. The molecule has 1 fully saturated rings. The number of hydrogen-bond donors (Lipinski definition) is 0. The van der Waals surface area contributed by atoms with E-state index in [1.54, 1.807) is 0 Å². The third-order valence-corrected chi connectivity index (χ3v) is 5.11. The summed E-state index contributed by atoms with van der Waals surface area (Å²) in [6.45, 7) is 6.47. The van der Waals surface area contributed by atoms with Crippen LogP contribution in [-0.4, -0.2) is 23.3 Å². The van der Waals surface area contributed by atoms with Gasteiger partial charge in [0, 0.05) is 12.1 Å². The van der Waals surface area contributed by atoms with Crippen molar-refractivity contribution in [3.63, 3.8) is 0 Å². The molecule has 0 aliphatic carbocycles. The molecule has 3 nitrogen and oxygen atoms in total. The molecule has 148 valence electrons. The molecule has 2 amide bonds. The Balaban J connectivity index is 1.84. The summed E-state index contributed by atoms with van der Waals surface area (Å²) in [4.78, 5) is 24.7. The first-order chi connectivity index (χ1) is 12.7. The first-order valence-electron chi connectivity index (χ1n) is 10.8. The Labute approximate surface area is 160 Å². The van der Waals surface area contributed by atoms with Gasteiger partial charge in [-0.05, 0) is 32.1 Å². The topological polar surface area (TPSA) is 37.4 Å². The summed E-state index contributed by atoms with van der Waals surface area (Å²) in [7, 11) is 0. The van der Waals surface area contributed by atoms with Gasteiger partial charge in [0.1, 0.15) is 0 Å². The van der Waals surface area contributed by atoms with Gasteiger partial charge in [0.25, 0.3) is 5.91 Å². The molecule has 1 rings (SSSR count). The Morgan fingerprint density at radius 3 is 1.81 bits per heavy atom. The molecule has 0 radical (unpaired) electrons. The van der Waals surface area contributed by atoms with E-state index in [1.807, 2.05) is 0 Å². The quantitative estimate of drug-likeness (QED) is 0.139. The lowest BCUT2D eigenvalue weighted by Gasteiger charge is -2.12. The molecule has 0 spiro atoms. The van der Waals surface area contributed by atoms with Crippen LogP contribution in [0, 0.1) is 0 Å². The molecule has 1 heterocycles. The highest BCUT2D eigenvalue weighted by molar-refractivity contribution is 6.12. The molecule has 1 aliphatic rings. The molecule has 0 bridgehead atoms. The van der Waals surface area contributed by atoms with Crippen LogP contribution in [0.2, 0.25) is 0 Å². The van der Waals surface area contributed by atoms with Gasteiger partial charge in [-0.25, -0.2) is 0 Å². The van der Waals surface area contributed by atoms with Crippen molar-refractivity contribution in [1.29, 1.82) is 0 Å². The van der Waals surface area contributed by atoms with Crippen molar-refractivity contribution < 1.29 is 9.59 Å². The number of allylic oxidation sites excluding steroid dienone is 2. The van der Waals surface area contributed by atoms with Crippen molar-refractivity contribution in [3.05, 3.63) is 24.3 Å². The van der Waals surface area contributed by atoms with Crippen molar-refractivity contribution in [1.82, 2.24) is 4.90 Å². The molecule has 0 aromatic carbocycles. The third kappa shape index (κ3) is 9.94. The highest BCUT2D eigenvalue weighted by Crippen LogP contribution is 2.18. The van der Waals surface area contributed by atoms with E-state index in [0.717, 1.165) is 12.8 Å². The second-order valence-corrected chi connectivity index (χ2v) is 7.57. The highest BCUT2D eigenvalue weighted by Gasteiger charge is 2.31. The van der Waals surface area contributed by atoms with Crippen molar-refractivity contribution in [2.45, 2.75) is 103 Å². The van der Waals surface area contributed by atoms with E-state index in [0.29, 0.717) is 12.1 Å². The van der Waals surface area contributed by atoms with Crippen LogP contribution in [0.15, 0.2) is 24.3 Å². The normalized spacial score (nSPS) is 15.0.